The predicted molar refractivity (Wildman–Crippen MR) is 137 cm³/mol. The van der Waals surface area contributed by atoms with Gasteiger partial charge in [-0.15, -0.1) is 23.1 Å². The summed E-state index contributed by atoms with van der Waals surface area (Å²) in [6.45, 7) is 0. The van der Waals surface area contributed by atoms with E-state index in [9.17, 15) is 10.2 Å². The Labute approximate surface area is 198 Å². The molecule has 4 heteroatoms. The Kier molecular flexibility index (Phi) is 3.90. The minimum Gasteiger partial charge on any atom is -0.508 e. The number of benzene rings is 4. The molecule has 0 unspecified atom stereocenters. The molecule has 1 aliphatic heterocycles. The maximum atomic E-state index is 9.91. The fraction of sp³-hybridized carbons (Fsp3) is 0.0345. The molecule has 2 aliphatic rings. The Balaban J connectivity index is 1.52. The fourth-order valence-corrected chi connectivity index (χ4v) is 7.46. The first-order valence-electron chi connectivity index (χ1n) is 10.8. The Morgan fingerprint density at radius 2 is 1.30 bits per heavy atom. The molecule has 4 aromatic carbocycles. The van der Waals surface area contributed by atoms with Gasteiger partial charge in [0, 0.05) is 15.2 Å². The minimum absolute atomic E-state index is 0.254. The summed E-state index contributed by atoms with van der Waals surface area (Å²) < 4.78 is 0.895. The van der Waals surface area contributed by atoms with Crippen molar-refractivity contribution < 1.29 is 10.2 Å². The topological polar surface area (TPSA) is 40.5 Å². The van der Waals surface area contributed by atoms with E-state index < -0.39 is 4.75 Å². The standard InChI is InChI=1S/C29H18O2S2/c30-20-6-2-18(3-7-20)29(19-4-8-21(31)9-5-19)16-26-24-15-25-23(22(24)11-12-27(26)33-29)10-1-17-13-14-32-28(17)25/h1-16,30-31H. The van der Waals surface area contributed by atoms with Crippen molar-refractivity contribution in [2.45, 2.75) is 9.64 Å². The molecule has 33 heavy (non-hydrogen) atoms. The van der Waals surface area contributed by atoms with Crippen LogP contribution in [0.2, 0.25) is 0 Å². The van der Waals surface area contributed by atoms with Gasteiger partial charge in [-0.25, -0.2) is 0 Å². The summed E-state index contributed by atoms with van der Waals surface area (Å²) in [6.07, 6.45) is 4.71. The molecule has 2 nitrogen and oxygen atoms in total. The molecule has 0 spiro atoms. The SMILES string of the molecule is Oc1ccc(C2(c3ccc(O)cc3)C=c3c(ccc4c3=Cc3c-4ccc4ccsc34)S2)cc1. The molecular weight excluding hydrogens is 444 g/mol. The minimum atomic E-state index is -0.445. The van der Waals surface area contributed by atoms with Gasteiger partial charge < -0.3 is 10.2 Å². The Morgan fingerprint density at radius 3 is 2.00 bits per heavy atom. The van der Waals surface area contributed by atoms with E-state index in [1.54, 1.807) is 35.6 Å². The molecular formula is C29H18O2S2. The highest BCUT2D eigenvalue weighted by Crippen LogP contribution is 2.51. The molecule has 0 saturated carbocycles. The van der Waals surface area contributed by atoms with Crippen molar-refractivity contribution in [1.82, 2.24) is 0 Å². The normalized spacial score (nSPS) is 14.9. The van der Waals surface area contributed by atoms with Crippen molar-refractivity contribution in [3.63, 3.8) is 0 Å². The lowest BCUT2D eigenvalue weighted by Gasteiger charge is -2.28. The van der Waals surface area contributed by atoms with Crippen LogP contribution in [-0.4, -0.2) is 10.2 Å². The van der Waals surface area contributed by atoms with Crippen LogP contribution < -0.4 is 10.4 Å². The second-order valence-corrected chi connectivity index (χ2v) is 10.7. The summed E-state index contributed by atoms with van der Waals surface area (Å²) in [7, 11) is 0. The first-order chi connectivity index (χ1) is 16.1. The number of thioether (sulfide) groups is 1. The number of phenolic OH excluding ortho intramolecular Hbond substituents is 2. The third-order valence-electron chi connectivity index (χ3n) is 6.70. The lowest BCUT2D eigenvalue weighted by molar-refractivity contribution is 0.475. The van der Waals surface area contributed by atoms with Gasteiger partial charge in [-0.1, -0.05) is 48.5 Å². The lowest BCUT2D eigenvalue weighted by atomic mass is 9.89. The van der Waals surface area contributed by atoms with Crippen molar-refractivity contribution in [2.75, 3.05) is 0 Å². The first kappa shape index (κ1) is 19.0. The Hall–Kier alpha value is -3.47. The number of fused-ring (bicyclic) bond motifs is 7. The summed E-state index contributed by atoms with van der Waals surface area (Å²) in [5.41, 5.74) is 6.08. The average molecular weight is 463 g/mol. The van der Waals surface area contributed by atoms with Gasteiger partial charge in [0.1, 0.15) is 11.5 Å². The van der Waals surface area contributed by atoms with Crippen LogP contribution in [0.5, 0.6) is 11.5 Å². The van der Waals surface area contributed by atoms with Gasteiger partial charge in [0.25, 0.3) is 0 Å². The number of phenols is 2. The van der Waals surface area contributed by atoms with Crippen LogP contribution in [0.4, 0.5) is 0 Å². The van der Waals surface area contributed by atoms with Crippen LogP contribution in [0.1, 0.15) is 16.7 Å². The van der Waals surface area contributed by atoms with E-state index in [4.69, 9.17) is 0 Å². The Morgan fingerprint density at radius 1 is 0.636 bits per heavy atom. The van der Waals surface area contributed by atoms with Gasteiger partial charge in [0.2, 0.25) is 0 Å². The monoisotopic (exact) mass is 462 g/mol. The molecule has 158 valence electrons. The van der Waals surface area contributed by atoms with Crippen LogP contribution in [0, 0.1) is 0 Å². The summed E-state index contributed by atoms with van der Waals surface area (Å²) in [5, 5.41) is 25.8. The van der Waals surface area contributed by atoms with Gasteiger partial charge >= 0.3 is 0 Å². The largest absolute Gasteiger partial charge is 0.508 e. The molecule has 2 heterocycles. The highest BCUT2D eigenvalue weighted by molar-refractivity contribution is 8.01. The molecule has 0 fully saturated rings. The molecule has 0 saturated heterocycles. The van der Waals surface area contributed by atoms with E-state index in [0.717, 1.165) is 11.1 Å². The maximum Gasteiger partial charge on any atom is 0.115 e. The zero-order valence-electron chi connectivity index (χ0n) is 17.4. The van der Waals surface area contributed by atoms with E-state index in [0.29, 0.717) is 0 Å². The molecule has 2 N–H and O–H groups in total. The van der Waals surface area contributed by atoms with Crippen molar-refractivity contribution >= 4 is 45.3 Å². The molecule has 0 bridgehead atoms. The predicted octanol–water partition coefficient (Wildman–Crippen LogP) is 5.95. The van der Waals surface area contributed by atoms with E-state index in [-0.39, 0.29) is 11.5 Å². The van der Waals surface area contributed by atoms with Gasteiger partial charge in [-0.3, -0.25) is 0 Å². The van der Waals surface area contributed by atoms with Crippen LogP contribution in [0.15, 0.2) is 89.1 Å². The zero-order chi connectivity index (χ0) is 22.2. The van der Waals surface area contributed by atoms with Crippen LogP contribution in [0.25, 0.3) is 33.4 Å². The number of aromatic hydroxyl groups is 2. The van der Waals surface area contributed by atoms with Gasteiger partial charge in [0.15, 0.2) is 0 Å². The van der Waals surface area contributed by atoms with Crippen LogP contribution >= 0.6 is 23.1 Å². The van der Waals surface area contributed by atoms with Gasteiger partial charge in [-0.05, 0) is 85.9 Å². The van der Waals surface area contributed by atoms with Crippen molar-refractivity contribution in [3.8, 4) is 22.6 Å². The second-order valence-electron chi connectivity index (χ2n) is 8.52. The van der Waals surface area contributed by atoms with Crippen LogP contribution in [0.3, 0.4) is 0 Å². The molecule has 7 rings (SSSR count). The molecule has 0 amide bonds. The smallest absolute Gasteiger partial charge is 0.115 e. The van der Waals surface area contributed by atoms with Crippen LogP contribution in [-0.2, 0) is 4.75 Å². The van der Waals surface area contributed by atoms with Crippen molar-refractivity contribution in [1.29, 1.82) is 0 Å². The summed E-state index contributed by atoms with van der Waals surface area (Å²) in [6, 6.07) is 26.1. The highest BCUT2D eigenvalue weighted by atomic mass is 32.2. The molecule has 0 atom stereocenters. The van der Waals surface area contributed by atoms with Crippen molar-refractivity contribution in [3.05, 3.63) is 111 Å². The second kappa shape index (κ2) is 6.77. The summed E-state index contributed by atoms with van der Waals surface area (Å²) >= 11 is 3.61. The average Bonchev–Trinajstić information content (AvgIpc) is 3.54. The third kappa shape index (κ3) is 2.68. The molecule has 5 aromatic rings. The molecule has 1 aromatic heterocycles. The first-order valence-corrected chi connectivity index (χ1v) is 12.5. The number of rotatable bonds is 2. The number of hydrogen-bond donors (Lipinski definition) is 2. The van der Waals surface area contributed by atoms with E-state index in [1.807, 2.05) is 36.0 Å². The summed E-state index contributed by atoms with van der Waals surface area (Å²) in [4.78, 5) is 1.24. The van der Waals surface area contributed by atoms with E-state index in [2.05, 4.69) is 47.9 Å². The maximum absolute atomic E-state index is 9.91. The zero-order valence-corrected chi connectivity index (χ0v) is 19.1. The summed E-state index contributed by atoms with van der Waals surface area (Å²) in [5.74, 6) is 0.509. The van der Waals surface area contributed by atoms with E-state index in [1.165, 1.54) is 42.1 Å². The molecule has 1 aliphatic carbocycles. The number of thiophene rings is 1. The Bertz CT molecular complexity index is 1650. The fourth-order valence-electron chi connectivity index (χ4n) is 5.10. The molecule has 0 radical (unpaired) electrons. The van der Waals surface area contributed by atoms with Gasteiger partial charge in [0.05, 0.1) is 4.75 Å². The lowest BCUT2D eigenvalue weighted by Crippen LogP contribution is -2.26. The quantitative estimate of drug-likeness (QED) is 0.334. The highest BCUT2D eigenvalue weighted by Gasteiger charge is 2.38. The third-order valence-corrected chi connectivity index (χ3v) is 9.15. The van der Waals surface area contributed by atoms with Gasteiger partial charge in [-0.2, -0.15) is 0 Å². The van der Waals surface area contributed by atoms with Crippen molar-refractivity contribution in [2.24, 2.45) is 0 Å². The van der Waals surface area contributed by atoms with E-state index >= 15 is 0 Å². The number of hydrogen-bond acceptors (Lipinski definition) is 4.